The number of benzene rings is 2. The van der Waals surface area contributed by atoms with Crippen LogP contribution in [0.3, 0.4) is 0 Å². The van der Waals surface area contributed by atoms with E-state index in [0.717, 1.165) is 16.8 Å². The van der Waals surface area contributed by atoms with Crippen molar-refractivity contribution in [1.82, 2.24) is 14.8 Å². The van der Waals surface area contributed by atoms with E-state index in [1.54, 1.807) is 18.3 Å². The zero-order valence-corrected chi connectivity index (χ0v) is 18.0. The van der Waals surface area contributed by atoms with E-state index in [1.165, 1.54) is 0 Å². The summed E-state index contributed by atoms with van der Waals surface area (Å²) in [6, 6.07) is 10.8. The second-order valence-electron chi connectivity index (χ2n) is 7.89. The summed E-state index contributed by atoms with van der Waals surface area (Å²) in [6.07, 6.45) is 1.66. The van der Waals surface area contributed by atoms with Crippen molar-refractivity contribution in [3.63, 3.8) is 0 Å². The van der Waals surface area contributed by atoms with Crippen LogP contribution < -0.4 is 5.63 Å². The Bertz CT molecular complexity index is 1300. The van der Waals surface area contributed by atoms with E-state index in [9.17, 15) is 4.79 Å². The minimum Gasteiger partial charge on any atom is -0.403 e. The van der Waals surface area contributed by atoms with Gasteiger partial charge in [0.05, 0.1) is 33.9 Å². The minimum absolute atomic E-state index is 0.193. The first-order valence-electron chi connectivity index (χ1n) is 9.11. The molecule has 29 heavy (non-hydrogen) atoms. The highest BCUT2D eigenvalue weighted by Gasteiger charge is 2.26. The Morgan fingerprint density at radius 1 is 1.07 bits per heavy atom. The Balaban J connectivity index is 2.06. The summed E-state index contributed by atoms with van der Waals surface area (Å²) < 4.78 is 7.46. The molecule has 0 fully saturated rings. The van der Waals surface area contributed by atoms with Crippen LogP contribution in [0, 0.1) is 6.92 Å². The first-order valence-corrected chi connectivity index (χ1v) is 9.87. The number of hydrogen-bond donors (Lipinski definition) is 0. The Labute approximate surface area is 177 Å². The van der Waals surface area contributed by atoms with Crippen molar-refractivity contribution < 1.29 is 4.42 Å². The van der Waals surface area contributed by atoms with Gasteiger partial charge in [0.15, 0.2) is 0 Å². The topological polar surface area (TPSA) is 60.9 Å². The molecule has 2 aromatic carbocycles. The molecular weight excluding hydrogens is 409 g/mol. The lowest BCUT2D eigenvalue weighted by Crippen LogP contribution is -2.24. The molecular formula is C22H19Cl2N3O2. The van der Waals surface area contributed by atoms with Crippen molar-refractivity contribution in [3.05, 3.63) is 68.6 Å². The fourth-order valence-electron chi connectivity index (χ4n) is 3.35. The van der Waals surface area contributed by atoms with Gasteiger partial charge in [-0.25, -0.2) is 9.78 Å². The van der Waals surface area contributed by atoms with Gasteiger partial charge in [0.1, 0.15) is 0 Å². The maximum absolute atomic E-state index is 12.7. The summed E-state index contributed by atoms with van der Waals surface area (Å²) in [6.45, 7) is 7.98. The van der Waals surface area contributed by atoms with E-state index >= 15 is 0 Å². The van der Waals surface area contributed by atoms with Crippen LogP contribution in [-0.4, -0.2) is 14.8 Å². The average Bonchev–Trinajstić information content (AvgIpc) is 3.08. The molecule has 0 radical (unpaired) electrons. The zero-order valence-electron chi connectivity index (χ0n) is 16.5. The van der Waals surface area contributed by atoms with E-state index in [4.69, 9.17) is 27.6 Å². The van der Waals surface area contributed by atoms with Crippen molar-refractivity contribution in [2.45, 2.75) is 33.2 Å². The standard InChI is InChI=1S/C22H19Cl2N3O2/c1-12-9-13(23)10-15-18(12)26-20(29-21(15)28)16-11-25-27(22(2,3)4)19(16)14-7-5-6-8-17(14)24/h5-11H,1-4H3. The number of rotatable bonds is 2. The molecule has 0 atom stereocenters. The van der Waals surface area contributed by atoms with Crippen molar-refractivity contribution >= 4 is 34.1 Å². The SMILES string of the molecule is Cc1cc(Cl)cc2c(=O)oc(-c3cnn(C(C)(C)C)c3-c3ccccc3Cl)nc12. The minimum atomic E-state index is -0.496. The number of halogens is 2. The van der Waals surface area contributed by atoms with Crippen molar-refractivity contribution in [2.75, 3.05) is 0 Å². The summed E-state index contributed by atoms with van der Waals surface area (Å²) in [5.74, 6) is 0.193. The lowest BCUT2D eigenvalue weighted by atomic mass is 10.0. The molecule has 0 aliphatic heterocycles. The van der Waals surface area contributed by atoms with Crippen LogP contribution in [0.2, 0.25) is 10.0 Å². The molecule has 0 saturated heterocycles. The predicted octanol–water partition coefficient (Wildman–Crippen LogP) is 6.09. The van der Waals surface area contributed by atoms with E-state index < -0.39 is 5.63 Å². The monoisotopic (exact) mass is 427 g/mol. The maximum Gasteiger partial charge on any atom is 0.347 e. The first kappa shape index (κ1) is 19.7. The van der Waals surface area contributed by atoms with Gasteiger partial charge >= 0.3 is 5.63 Å². The predicted molar refractivity (Wildman–Crippen MR) is 117 cm³/mol. The number of nitrogens with zero attached hydrogens (tertiary/aromatic N) is 3. The molecule has 148 valence electrons. The van der Waals surface area contributed by atoms with Crippen molar-refractivity contribution in [1.29, 1.82) is 0 Å². The molecule has 0 bridgehead atoms. The van der Waals surface area contributed by atoms with Gasteiger partial charge in [-0.15, -0.1) is 0 Å². The Morgan fingerprint density at radius 3 is 2.48 bits per heavy atom. The largest absolute Gasteiger partial charge is 0.403 e. The molecule has 0 spiro atoms. The second-order valence-corrected chi connectivity index (χ2v) is 8.74. The van der Waals surface area contributed by atoms with Crippen LogP contribution in [0.5, 0.6) is 0 Å². The molecule has 5 nitrogen and oxygen atoms in total. The molecule has 0 unspecified atom stereocenters. The summed E-state index contributed by atoms with van der Waals surface area (Å²) in [5, 5.41) is 5.95. The summed E-state index contributed by atoms with van der Waals surface area (Å²) in [4.78, 5) is 17.3. The Hall–Kier alpha value is -2.63. The van der Waals surface area contributed by atoms with Crippen molar-refractivity contribution in [3.8, 4) is 22.7 Å². The van der Waals surface area contributed by atoms with E-state index in [0.29, 0.717) is 26.5 Å². The normalized spacial score (nSPS) is 11.9. The smallest absolute Gasteiger partial charge is 0.347 e. The Morgan fingerprint density at radius 2 is 1.79 bits per heavy atom. The van der Waals surface area contributed by atoms with Gasteiger partial charge in [-0.2, -0.15) is 5.10 Å². The molecule has 4 aromatic rings. The fraction of sp³-hybridized carbons (Fsp3) is 0.227. The number of aromatic nitrogens is 3. The van der Waals surface area contributed by atoms with Crippen LogP contribution in [0.25, 0.3) is 33.6 Å². The lowest BCUT2D eigenvalue weighted by molar-refractivity contribution is 0.360. The molecule has 2 aromatic heterocycles. The van der Waals surface area contributed by atoms with Crippen LogP contribution in [0.1, 0.15) is 26.3 Å². The van der Waals surface area contributed by atoms with Gasteiger partial charge in [0, 0.05) is 15.6 Å². The molecule has 4 rings (SSSR count). The van der Waals surface area contributed by atoms with Gasteiger partial charge < -0.3 is 4.42 Å². The van der Waals surface area contributed by atoms with Gasteiger partial charge in [0.2, 0.25) is 5.89 Å². The van der Waals surface area contributed by atoms with Gasteiger partial charge in [-0.05, 0) is 51.5 Å². The highest BCUT2D eigenvalue weighted by atomic mass is 35.5. The molecule has 0 saturated carbocycles. The molecule has 7 heteroatoms. The highest BCUT2D eigenvalue weighted by molar-refractivity contribution is 6.33. The lowest BCUT2D eigenvalue weighted by Gasteiger charge is -2.23. The van der Waals surface area contributed by atoms with Crippen LogP contribution in [-0.2, 0) is 5.54 Å². The molecule has 0 aliphatic carbocycles. The summed E-state index contributed by atoms with van der Waals surface area (Å²) in [5.41, 5.74) is 2.65. The van der Waals surface area contributed by atoms with Gasteiger partial charge in [0.25, 0.3) is 0 Å². The third-order valence-electron chi connectivity index (χ3n) is 4.65. The van der Waals surface area contributed by atoms with E-state index in [2.05, 4.69) is 10.1 Å². The van der Waals surface area contributed by atoms with Gasteiger partial charge in [-0.3, -0.25) is 4.68 Å². The molecule has 0 aliphatic rings. The van der Waals surface area contributed by atoms with Crippen molar-refractivity contribution in [2.24, 2.45) is 0 Å². The van der Waals surface area contributed by atoms with Crippen LogP contribution in [0.4, 0.5) is 0 Å². The van der Waals surface area contributed by atoms with Crippen LogP contribution in [0.15, 0.2) is 51.8 Å². The number of aryl methyl sites for hydroxylation is 1. The zero-order chi connectivity index (χ0) is 20.9. The average molecular weight is 428 g/mol. The molecule has 2 heterocycles. The first-order chi connectivity index (χ1) is 13.7. The quantitative estimate of drug-likeness (QED) is 0.388. The van der Waals surface area contributed by atoms with E-state index in [1.807, 2.05) is 56.6 Å². The maximum atomic E-state index is 12.7. The second kappa shape index (κ2) is 7.01. The molecule has 0 N–H and O–H groups in total. The highest BCUT2D eigenvalue weighted by Crippen LogP contribution is 2.38. The van der Waals surface area contributed by atoms with Crippen LogP contribution >= 0.6 is 23.2 Å². The fourth-order valence-corrected chi connectivity index (χ4v) is 3.85. The third kappa shape index (κ3) is 3.45. The summed E-state index contributed by atoms with van der Waals surface area (Å²) >= 11 is 12.6. The van der Waals surface area contributed by atoms with Gasteiger partial charge in [-0.1, -0.05) is 41.4 Å². The van der Waals surface area contributed by atoms with E-state index in [-0.39, 0.29) is 11.4 Å². The number of hydrogen-bond acceptors (Lipinski definition) is 4. The number of fused-ring (bicyclic) bond motifs is 1. The summed E-state index contributed by atoms with van der Waals surface area (Å²) in [7, 11) is 0. The molecule has 0 amide bonds. The third-order valence-corrected chi connectivity index (χ3v) is 5.20. The Kier molecular flexibility index (Phi) is 4.75.